The maximum Gasteiger partial charge on any atom is 0.338 e. The van der Waals surface area contributed by atoms with Gasteiger partial charge in [-0.25, -0.2) is 4.79 Å². The molecule has 0 radical (unpaired) electrons. The highest BCUT2D eigenvalue weighted by Crippen LogP contribution is 2.38. The van der Waals surface area contributed by atoms with E-state index in [1.165, 1.54) is 37.8 Å². The lowest BCUT2D eigenvalue weighted by atomic mass is 9.77. The molecular formula is C17H22N2O4. The third kappa shape index (κ3) is 3.30. The van der Waals surface area contributed by atoms with Crippen LogP contribution in [-0.4, -0.2) is 29.1 Å². The average molecular weight is 318 g/mol. The zero-order chi connectivity index (χ0) is 16.4. The minimum Gasteiger partial charge on any atom is -0.478 e. The first-order valence-electron chi connectivity index (χ1n) is 8.33. The number of carboxylic acid groups (broad SMARTS) is 1. The van der Waals surface area contributed by atoms with Crippen LogP contribution in [0.1, 0.15) is 48.9 Å². The van der Waals surface area contributed by atoms with Crippen LogP contribution in [-0.2, 0) is 0 Å². The number of carboxylic acids is 1. The van der Waals surface area contributed by atoms with Crippen LogP contribution in [0.25, 0.3) is 0 Å². The van der Waals surface area contributed by atoms with E-state index in [1.54, 1.807) is 6.07 Å². The molecule has 6 nitrogen and oxygen atoms in total. The van der Waals surface area contributed by atoms with Gasteiger partial charge in [0.15, 0.2) is 0 Å². The summed E-state index contributed by atoms with van der Waals surface area (Å²) < 4.78 is 0. The SMILES string of the molecule is O=C(O)c1cc([N+](=O)[O-])ccc1N1CCC2CCCCC2CC1. The van der Waals surface area contributed by atoms with E-state index in [9.17, 15) is 20.0 Å². The number of hydrogen-bond donors (Lipinski definition) is 1. The lowest BCUT2D eigenvalue weighted by molar-refractivity contribution is -0.384. The van der Waals surface area contributed by atoms with Crippen molar-refractivity contribution in [3.8, 4) is 0 Å². The Hall–Kier alpha value is -2.11. The monoisotopic (exact) mass is 318 g/mol. The van der Waals surface area contributed by atoms with Gasteiger partial charge in [-0.3, -0.25) is 10.1 Å². The standard InChI is InChI=1S/C17H22N2O4/c20-17(21)15-11-14(19(22)23)5-6-16(15)18-9-7-12-3-1-2-4-13(12)8-10-18/h5-6,11-13H,1-4,7-10H2,(H,20,21). The van der Waals surface area contributed by atoms with Gasteiger partial charge < -0.3 is 10.0 Å². The summed E-state index contributed by atoms with van der Waals surface area (Å²) in [4.78, 5) is 24.0. The van der Waals surface area contributed by atoms with Crippen molar-refractivity contribution in [1.82, 2.24) is 0 Å². The summed E-state index contributed by atoms with van der Waals surface area (Å²) in [5.41, 5.74) is 0.473. The Morgan fingerprint density at radius 1 is 1.13 bits per heavy atom. The van der Waals surface area contributed by atoms with E-state index in [4.69, 9.17) is 0 Å². The molecule has 1 heterocycles. The van der Waals surface area contributed by atoms with Gasteiger partial charge in [-0.2, -0.15) is 0 Å². The third-order valence-electron chi connectivity index (χ3n) is 5.37. The number of nitro benzene ring substituents is 1. The molecule has 0 bridgehead atoms. The van der Waals surface area contributed by atoms with Crippen molar-refractivity contribution in [2.45, 2.75) is 38.5 Å². The number of benzene rings is 1. The second kappa shape index (κ2) is 6.56. The smallest absolute Gasteiger partial charge is 0.338 e. The Bertz CT molecular complexity index is 601. The number of non-ortho nitro benzene ring substituents is 1. The molecule has 1 aromatic carbocycles. The molecule has 2 fully saturated rings. The van der Waals surface area contributed by atoms with Crippen LogP contribution in [0.4, 0.5) is 11.4 Å². The van der Waals surface area contributed by atoms with E-state index in [-0.39, 0.29) is 11.3 Å². The summed E-state index contributed by atoms with van der Waals surface area (Å²) in [6.45, 7) is 1.67. The highest BCUT2D eigenvalue weighted by atomic mass is 16.6. The van der Waals surface area contributed by atoms with Gasteiger partial charge in [-0.1, -0.05) is 25.7 Å². The molecule has 0 spiro atoms. The van der Waals surface area contributed by atoms with Crippen molar-refractivity contribution in [2.75, 3.05) is 18.0 Å². The Kier molecular flexibility index (Phi) is 4.50. The number of aromatic carboxylic acids is 1. The Balaban J connectivity index is 1.85. The minimum atomic E-state index is -1.11. The van der Waals surface area contributed by atoms with Crippen LogP contribution < -0.4 is 4.90 Å². The zero-order valence-electron chi connectivity index (χ0n) is 13.1. The molecule has 0 aromatic heterocycles. The Morgan fingerprint density at radius 3 is 2.26 bits per heavy atom. The quantitative estimate of drug-likeness (QED) is 0.678. The van der Waals surface area contributed by atoms with E-state index in [0.717, 1.165) is 37.8 Å². The summed E-state index contributed by atoms with van der Waals surface area (Å²) in [5.74, 6) is 0.394. The fraction of sp³-hybridized carbons (Fsp3) is 0.588. The van der Waals surface area contributed by atoms with Crippen LogP contribution in [0.2, 0.25) is 0 Å². The molecule has 1 saturated carbocycles. The van der Waals surface area contributed by atoms with Crippen molar-refractivity contribution in [1.29, 1.82) is 0 Å². The van der Waals surface area contributed by atoms with Crippen LogP contribution in [0, 0.1) is 22.0 Å². The fourth-order valence-electron chi connectivity index (χ4n) is 4.13. The van der Waals surface area contributed by atoms with Crippen molar-refractivity contribution in [3.05, 3.63) is 33.9 Å². The molecule has 3 rings (SSSR count). The molecule has 1 aliphatic carbocycles. The summed E-state index contributed by atoms with van der Waals surface area (Å²) >= 11 is 0. The van der Waals surface area contributed by atoms with Gasteiger partial charge >= 0.3 is 5.97 Å². The van der Waals surface area contributed by atoms with E-state index in [2.05, 4.69) is 4.90 Å². The molecule has 124 valence electrons. The van der Waals surface area contributed by atoms with Gasteiger partial charge in [0, 0.05) is 25.2 Å². The van der Waals surface area contributed by atoms with E-state index in [1.807, 2.05) is 0 Å². The highest BCUT2D eigenvalue weighted by molar-refractivity contribution is 5.95. The lowest BCUT2D eigenvalue weighted by Crippen LogP contribution is -2.26. The van der Waals surface area contributed by atoms with Crippen molar-refractivity contribution >= 4 is 17.3 Å². The number of hydrogen-bond acceptors (Lipinski definition) is 4. The second-order valence-corrected chi connectivity index (χ2v) is 6.63. The minimum absolute atomic E-state index is 0.0315. The van der Waals surface area contributed by atoms with Gasteiger partial charge in [-0.05, 0) is 30.7 Å². The van der Waals surface area contributed by atoms with Crippen molar-refractivity contribution in [3.63, 3.8) is 0 Å². The summed E-state index contributed by atoms with van der Waals surface area (Å²) in [5, 5.41) is 20.3. The third-order valence-corrected chi connectivity index (χ3v) is 5.37. The predicted molar refractivity (Wildman–Crippen MR) is 87.0 cm³/mol. The summed E-state index contributed by atoms with van der Waals surface area (Å²) in [7, 11) is 0. The molecule has 23 heavy (non-hydrogen) atoms. The van der Waals surface area contributed by atoms with Gasteiger partial charge in [0.05, 0.1) is 16.2 Å². The van der Waals surface area contributed by atoms with Crippen LogP contribution in [0.15, 0.2) is 18.2 Å². The molecule has 2 unspecified atom stereocenters. The van der Waals surface area contributed by atoms with E-state index in [0.29, 0.717) is 5.69 Å². The normalized spacial score (nSPS) is 24.6. The first-order valence-corrected chi connectivity index (χ1v) is 8.33. The number of rotatable bonds is 3. The average Bonchev–Trinajstić information content (AvgIpc) is 2.76. The Labute approximate surface area is 135 Å². The molecule has 2 aliphatic rings. The van der Waals surface area contributed by atoms with Gasteiger partial charge in [0.1, 0.15) is 0 Å². The molecule has 2 atom stereocenters. The fourth-order valence-corrected chi connectivity index (χ4v) is 4.13. The van der Waals surface area contributed by atoms with E-state index >= 15 is 0 Å². The van der Waals surface area contributed by atoms with Crippen LogP contribution in [0.5, 0.6) is 0 Å². The molecule has 0 amide bonds. The number of nitrogens with zero attached hydrogens (tertiary/aromatic N) is 2. The van der Waals surface area contributed by atoms with Gasteiger partial charge in [0.2, 0.25) is 0 Å². The number of carbonyl (C=O) groups is 1. The maximum atomic E-state index is 11.5. The second-order valence-electron chi connectivity index (χ2n) is 6.63. The largest absolute Gasteiger partial charge is 0.478 e. The van der Waals surface area contributed by atoms with Crippen molar-refractivity contribution in [2.24, 2.45) is 11.8 Å². The first-order chi connectivity index (χ1) is 11.1. The maximum absolute atomic E-state index is 11.5. The molecule has 1 N–H and O–H groups in total. The molecule has 1 saturated heterocycles. The molecule has 1 aliphatic heterocycles. The van der Waals surface area contributed by atoms with Gasteiger partial charge in [0.25, 0.3) is 5.69 Å². The molecule has 1 aromatic rings. The highest BCUT2D eigenvalue weighted by Gasteiger charge is 2.30. The first kappa shape index (κ1) is 15.8. The summed E-state index contributed by atoms with van der Waals surface area (Å²) in [6.07, 6.45) is 7.34. The number of anilines is 1. The number of fused-ring (bicyclic) bond motifs is 1. The van der Waals surface area contributed by atoms with Crippen LogP contribution >= 0.6 is 0 Å². The topological polar surface area (TPSA) is 83.7 Å². The Morgan fingerprint density at radius 2 is 1.74 bits per heavy atom. The molecular weight excluding hydrogens is 296 g/mol. The summed E-state index contributed by atoms with van der Waals surface area (Å²) in [6, 6.07) is 4.17. The number of nitro groups is 1. The zero-order valence-corrected chi connectivity index (χ0v) is 13.1. The van der Waals surface area contributed by atoms with E-state index < -0.39 is 10.9 Å². The van der Waals surface area contributed by atoms with Gasteiger partial charge in [-0.15, -0.1) is 0 Å². The lowest BCUT2D eigenvalue weighted by Gasteiger charge is -2.29. The molecule has 6 heteroatoms. The van der Waals surface area contributed by atoms with Crippen molar-refractivity contribution < 1.29 is 14.8 Å². The van der Waals surface area contributed by atoms with Crippen LogP contribution in [0.3, 0.4) is 0 Å². The predicted octanol–water partition coefficient (Wildman–Crippen LogP) is 3.70.